The molecule has 0 spiro atoms. The molecule has 0 bridgehead atoms. The van der Waals surface area contributed by atoms with Gasteiger partial charge in [0.05, 0.1) is 17.5 Å². The Morgan fingerprint density at radius 1 is 1.03 bits per heavy atom. The standard InChI is InChI=1S/C22H19FN2O5/c1-13-9-10-15(12-17(13)23)24-20(26)14(2)30-22(28)16-6-3-4-7-18(16)25-21(27)19-8-5-11-29-19/h3-12,14H,1-2H3,(H,24,26)(H,25,27)/t14-/m0/s1. The molecule has 3 aromatic rings. The SMILES string of the molecule is Cc1ccc(NC(=O)[C@H](C)OC(=O)c2ccccc2NC(=O)c2ccco2)cc1F. The molecule has 2 aromatic carbocycles. The molecular weight excluding hydrogens is 391 g/mol. The van der Waals surface area contributed by atoms with Crippen molar-refractivity contribution in [3.63, 3.8) is 0 Å². The van der Waals surface area contributed by atoms with E-state index in [1.807, 2.05) is 0 Å². The Morgan fingerprint density at radius 2 is 1.80 bits per heavy atom. The first-order valence-corrected chi connectivity index (χ1v) is 9.07. The largest absolute Gasteiger partial charge is 0.459 e. The maximum absolute atomic E-state index is 13.6. The Hall–Kier alpha value is -3.94. The van der Waals surface area contributed by atoms with Crippen molar-refractivity contribution in [3.05, 3.63) is 83.6 Å². The first-order valence-electron chi connectivity index (χ1n) is 9.07. The van der Waals surface area contributed by atoms with Gasteiger partial charge in [0, 0.05) is 5.69 Å². The summed E-state index contributed by atoms with van der Waals surface area (Å²) in [5, 5.41) is 5.07. The summed E-state index contributed by atoms with van der Waals surface area (Å²) in [5.41, 5.74) is 0.966. The van der Waals surface area contributed by atoms with Gasteiger partial charge in [0.1, 0.15) is 5.82 Å². The molecule has 8 heteroatoms. The Kier molecular flexibility index (Phi) is 6.26. The second-order valence-corrected chi connectivity index (χ2v) is 6.48. The highest BCUT2D eigenvalue weighted by Gasteiger charge is 2.22. The molecule has 154 valence electrons. The number of carbonyl (C=O) groups is 3. The quantitative estimate of drug-likeness (QED) is 0.595. The number of anilines is 2. The third kappa shape index (κ3) is 4.91. The lowest BCUT2D eigenvalue weighted by molar-refractivity contribution is -0.123. The van der Waals surface area contributed by atoms with E-state index in [1.54, 1.807) is 31.2 Å². The number of benzene rings is 2. The van der Waals surface area contributed by atoms with Crippen molar-refractivity contribution in [3.8, 4) is 0 Å². The summed E-state index contributed by atoms with van der Waals surface area (Å²) < 4.78 is 23.9. The number of halogens is 1. The molecule has 0 fully saturated rings. The van der Waals surface area contributed by atoms with E-state index in [0.29, 0.717) is 5.56 Å². The lowest BCUT2D eigenvalue weighted by Crippen LogP contribution is -2.30. The van der Waals surface area contributed by atoms with E-state index in [9.17, 15) is 18.8 Å². The maximum Gasteiger partial charge on any atom is 0.341 e. The minimum absolute atomic E-state index is 0.0680. The summed E-state index contributed by atoms with van der Waals surface area (Å²) in [6.45, 7) is 3.00. The van der Waals surface area contributed by atoms with Crippen molar-refractivity contribution >= 4 is 29.2 Å². The average molecular weight is 410 g/mol. The van der Waals surface area contributed by atoms with Gasteiger partial charge in [0.25, 0.3) is 11.8 Å². The molecule has 0 aliphatic rings. The smallest absolute Gasteiger partial charge is 0.341 e. The monoisotopic (exact) mass is 410 g/mol. The van der Waals surface area contributed by atoms with Crippen LogP contribution in [0, 0.1) is 12.7 Å². The van der Waals surface area contributed by atoms with E-state index < -0.39 is 29.7 Å². The number of hydrogen-bond acceptors (Lipinski definition) is 5. The van der Waals surface area contributed by atoms with Gasteiger partial charge in [0.2, 0.25) is 0 Å². The number of amides is 2. The first-order chi connectivity index (χ1) is 14.3. The Bertz CT molecular complexity index is 1080. The van der Waals surface area contributed by atoms with E-state index in [0.717, 1.165) is 0 Å². The van der Waals surface area contributed by atoms with Crippen LogP contribution >= 0.6 is 0 Å². The van der Waals surface area contributed by atoms with Crippen LogP contribution in [0.4, 0.5) is 15.8 Å². The van der Waals surface area contributed by atoms with Crippen LogP contribution in [0.3, 0.4) is 0 Å². The van der Waals surface area contributed by atoms with Crippen molar-refractivity contribution in [2.45, 2.75) is 20.0 Å². The van der Waals surface area contributed by atoms with Gasteiger partial charge in [-0.1, -0.05) is 18.2 Å². The highest BCUT2D eigenvalue weighted by molar-refractivity contribution is 6.07. The Morgan fingerprint density at radius 3 is 2.50 bits per heavy atom. The van der Waals surface area contributed by atoms with Crippen molar-refractivity contribution < 1.29 is 27.9 Å². The van der Waals surface area contributed by atoms with Gasteiger partial charge >= 0.3 is 5.97 Å². The van der Waals surface area contributed by atoms with Crippen LogP contribution in [0.1, 0.15) is 33.4 Å². The van der Waals surface area contributed by atoms with Gasteiger partial charge < -0.3 is 19.8 Å². The molecule has 7 nitrogen and oxygen atoms in total. The number of hydrogen-bond donors (Lipinski definition) is 2. The van der Waals surface area contributed by atoms with Crippen molar-refractivity contribution in [2.24, 2.45) is 0 Å². The van der Waals surface area contributed by atoms with Gasteiger partial charge in [-0.15, -0.1) is 0 Å². The van der Waals surface area contributed by atoms with Gasteiger partial charge in [-0.05, 0) is 55.8 Å². The minimum atomic E-state index is -1.16. The number of esters is 1. The van der Waals surface area contributed by atoms with Crippen LogP contribution in [0.15, 0.2) is 65.3 Å². The Labute approximate surface area is 171 Å². The van der Waals surface area contributed by atoms with E-state index in [1.165, 1.54) is 43.5 Å². The summed E-state index contributed by atoms with van der Waals surface area (Å²) in [4.78, 5) is 37.0. The molecule has 0 aliphatic heterocycles. The molecule has 0 unspecified atom stereocenters. The number of nitrogens with one attached hydrogen (secondary N) is 2. The van der Waals surface area contributed by atoms with E-state index >= 15 is 0 Å². The average Bonchev–Trinajstić information content (AvgIpc) is 3.26. The molecule has 0 aliphatic carbocycles. The summed E-state index contributed by atoms with van der Waals surface area (Å²) in [6.07, 6.45) is 0.200. The van der Waals surface area contributed by atoms with Crippen molar-refractivity contribution in [1.82, 2.24) is 0 Å². The summed E-state index contributed by atoms with van der Waals surface area (Å²) >= 11 is 0. The van der Waals surface area contributed by atoms with Gasteiger partial charge in [0.15, 0.2) is 11.9 Å². The number of para-hydroxylation sites is 1. The molecule has 0 saturated carbocycles. The van der Waals surface area contributed by atoms with Gasteiger partial charge in [-0.25, -0.2) is 9.18 Å². The molecule has 30 heavy (non-hydrogen) atoms. The normalized spacial score (nSPS) is 11.4. The summed E-state index contributed by atoms with van der Waals surface area (Å²) in [6, 6.07) is 13.5. The topological polar surface area (TPSA) is 97.6 Å². The van der Waals surface area contributed by atoms with Crippen LogP contribution in [-0.4, -0.2) is 23.9 Å². The molecule has 2 N–H and O–H groups in total. The number of ether oxygens (including phenoxy) is 1. The zero-order chi connectivity index (χ0) is 21.7. The molecule has 1 heterocycles. The van der Waals surface area contributed by atoms with Gasteiger partial charge in [-0.2, -0.15) is 0 Å². The van der Waals surface area contributed by atoms with Crippen LogP contribution in [-0.2, 0) is 9.53 Å². The van der Waals surface area contributed by atoms with Crippen molar-refractivity contribution in [1.29, 1.82) is 0 Å². The van der Waals surface area contributed by atoms with E-state index in [4.69, 9.17) is 9.15 Å². The molecule has 2 amide bonds. The number of carbonyl (C=O) groups excluding carboxylic acids is 3. The summed E-state index contributed by atoms with van der Waals surface area (Å²) in [7, 11) is 0. The van der Waals surface area contributed by atoms with Crippen LogP contribution in [0.2, 0.25) is 0 Å². The zero-order valence-corrected chi connectivity index (χ0v) is 16.3. The predicted molar refractivity (Wildman–Crippen MR) is 108 cm³/mol. The first kappa shape index (κ1) is 20.8. The number of aryl methyl sites for hydroxylation is 1. The number of furan rings is 1. The van der Waals surface area contributed by atoms with E-state index in [2.05, 4.69) is 10.6 Å². The molecule has 0 saturated heterocycles. The van der Waals surface area contributed by atoms with Gasteiger partial charge in [-0.3, -0.25) is 9.59 Å². The van der Waals surface area contributed by atoms with E-state index in [-0.39, 0.29) is 22.7 Å². The minimum Gasteiger partial charge on any atom is -0.459 e. The molecule has 3 rings (SSSR count). The fourth-order valence-corrected chi connectivity index (χ4v) is 2.55. The lowest BCUT2D eigenvalue weighted by Gasteiger charge is -2.15. The molecule has 1 atom stereocenters. The lowest BCUT2D eigenvalue weighted by atomic mass is 10.1. The highest BCUT2D eigenvalue weighted by Crippen LogP contribution is 2.19. The van der Waals surface area contributed by atoms with Crippen LogP contribution in [0.5, 0.6) is 0 Å². The third-order valence-corrected chi connectivity index (χ3v) is 4.23. The van der Waals surface area contributed by atoms with Crippen LogP contribution in [0.25, 0.3) is 0 Å². The molecular formula is C22H19FN2O5. The number of rotatable bonds is 6. The second kappa shape index (κ2) is 9.04. The van der Waals surface area contributed by atoms with Crippen LogP contribution < -0.4 is 10.6 Å². The highest BCUT2D eigenvalue weighted by atomic mass is 19.1. The fraction of sp³-hybridized carbons (Fsp3) is 0.136. The third-order valence-electron chi connectivity index (χ3n) is 4.23. The Balaban J connectivity index is 1.67. The maximum atomic E-state index is 13.6. The molecule has 1 aromatic heterocycles. The second-order valence-electron chi connectivity index (χ2n) is 6.48. The van der Waals surface area contributed by atoms with Crippen molar-refractivity contribution in [2.75, 3.05) is 10.6 Å². The molecule has 0 radical (unpaired) electrons. The predicted octanol–water partition coefficient (Wildman–Crippen LogP) is 4.16. The summed E-state index contributed by atoms with van der Waals surface area (Å²) in [5.74, 6) is -2.34. The fourth-order valence-electron chi connectivity index (χ4n) is 2.55. The zero-order valence-electron chi connectivity index (χ0n) is 16.3.